The van der Waals surface area contributed by atoms with Gasteiger partial charge in [-0.1, -0.05) is 44.1 Å². The summed E-state index contributed by atoms with van der Waals surface area (Å²) < 4.78 is 0. The van der Waals surface area contributed by atoms with Gasteiger partial charge in [0.05, 0.1) is 0 Å². The lowest BCUT2D eigenvalue weighted by atomic mass is 9.52. The average molecular weight is 324 g/mol. The fourth-order valence-corrected chi connectivity index (χ4v) is 4.21. The van der Waals surface area contributed by atoms with E-state index in [4.69, 9.17) is 0 Å². The number of aromatic nitrogens is 1. The Morgan fingerprint density at radius 1 is 0.875 bits per heavy atom. The maximum Gasteiger partial charge on any atom is 0.0270 e. The molecule has 24 heavy (non-hydrogen) atoms. The van der Waals surface area contributed by atoms with Crippen LogP contribution in [0.25, 0.3) is 0 Å². The predicted molar refractivity (Wildman–Crippen MR) is 107 cm³/mol. The van der Waals surface area contributed by atoms with Gasteiger partial charge in [-0.25, -0.2) is 0 Å². The van der Waals surface area contributed by atoms with Gasteiger partial charge in [-0.15, -0.1) is 26.3 Å². The van der Waals surface area contributed by atoms with Crippen LogP contribution in [-0.2, 0) is 5.41 Å². The SMILES string of the molecule is C=CCC(CC=C)(CCCC)C(CC=C)(CC=C)c1ccncc1. The molecule has 0 radical (unpaired) electrons. The highest BCUT2D eigenvalue weighted by Crippen LogP contribution is 2.55. The molecule has 0 bridgehead atoms. The molecule has 0 aliphatic heterocycles. The topological polar surface area (TPSA) is 12.9 Å². The lowest BCUT2D eigenvalue weighted by molar-refractivity contribution is 0.102. The molecule has 1 nitrogen and oxygen atoms in total. The van der Waals surface area contributed by atoms with Gasteiger partial charge in [-0.05, 0) is 55.2 Å². The standard InChI is InChI=1S/C23H33N/c1-6-11-18-22(14-7-2,15-8-3)23(16-9-4,17-10-5)21-12-19-24-20-13-21/h7-10,12-13,19-20H,2-6,11,14-18H2,1H3. The third kappa shape index (κ3) is 4.14. The molecule has 0 atom stereocenters. The average Bonchev–Trinajstić information content (AvgIpc) is 2.60. The molecule has 1 rings (SSSR count). The first-order valence-electron chi connectivity index (χ1n) is 9.00. The zero-order valence-electron chi connectivity index (χ0n) is 15.3. The van der Waals surface area contributed by atoms with E-state index in [0.29, 0.717) is 0 Å². The van der Waals surface area contributed by atoms with Crippen LogP contribution in [0.1, 0.15) is 57.4 Å². The number of unbranched alkanes of at least 4 members (excludes halogenated alkanes) is 1. The number of pyridine rings is 1. The summed E-state index contributed by atoms with van der Waals surface area (Å²) in [7, 11) is 0. The van der Waals surface area contributed by atoms with Crippen molar-refractivity contribution in [3.63, 3.8) is 0 Å². The van der Waals surface area contributed by atoms with Crippen molar-refractivity contribution >= 4 is 0 Å². The molecule has 0 aliphatic carbocycles. The zero-order valence-corrected chi connectivity index (χ0v) is 15.3. The molecule has 0 aliphatic rings. The van der Waals surface area contributed by atoms with Crippen LogP contribution in [0, 0.1) is 5.41 Å². The second-order valence-corrected chi connectivity index (χ2v) is 6.67. The minimum Gasteiger partial charge on any atom is -0.265 e. The molecule has 0 amide bonds. The van der Waals surface area contributed by atoms with E-state index in [1.807, 2.05) is 12.4 Å². The Morgan fingerprint density at radius 2 is 1.38 bits per heavy atom. The van der Waals surface area contributed by atoms with E-state index in [-0.39, 0.29) is 10.8 Å². The second kappa shape index (κ2) is 10.1. The number of nitrogens with zero attached hydrogens (tertiary/aromatic N) is 1. The van der Waals surface area contributed by atoms with E-state index in [1.165, 1.54) is 18.4 Å². The summed E-state index contributed by atoms with van der Waals surface area (Å²) in [5.74, 6) is 0. The second-order valence-electron chi connectivity index (χ2n) is 6.67. The highest BCUT2D eigenvalue weighted by Gasteiger charge is 2.48. The van der Waals surface area contributed by atoms with Crippen molar-refractivity contribution in [1.29, 1.82) is 0 Å². The van der Waals surface area contributed by atoms with Crippen LogP contribution in [0.3, 0.4) is 0 Å². The summed E-state index contributed by atoms with van der Waals surface area (Å²) in [4.78, 5) is 4.22. The first-order chi connectivity index (χ1) is 11.7. The van der Waals surface area contributed by atoms with Crippen LogP contribution < -0.4 is 0 Å². The van der Waals surface area contributed by atoms with Crippen LogP contribution in [0.5, 0.6) is 0 Å². The van der Waals surface area contributed by atoms with E-state index in [9.17, 15) is 0 Å². The van der Waals surface area contributed by atoms with Crippen LogP contribution in [0.4, 0.5) is 0 Å². The van der Waals surface area contributed by atoms with Crippen molar-refractivity contribution in [1.82, 2.24) is 4.98 Å². The Labute approximate surface area is 148 Å². The summed E-state index contributed by atoms with van der Waals surface area (Å²) in [5, 5.41) is 0. The van der Waals surface area contributed by atoms with E-state index >= 15 is 0 Å². The molecule has 0 spiro atoms. The van der Waals surface area contributed by atoms with Gasteiger partial charge in [-0.3, -0.25) is 4.98 Å². The fourth-order valence-electron chi connectivity index (χ4n) is 4.21. The largest absolute Gasteiger partial charge is 0.265 e. The molecule has 0 fully saturated rings. The quantitative estimate of drug-likeness (QED) is 0.364. The van der Waals surface area contributed by atoms with Crippen LogP contribution in [0.2, 0.25) is 0 Å². The third-order valence-corrected chi connectivity index (χ3v) is 5.31. The normalized spacial score (nSPS) is 11.7. The van der Waals surface area contributed by atoms with Gasteiger partial charge in [0.2, 0.25) is 0 Å². The smallest absolute Gasteiger partial charge is 0.0270 e. The molecule has 1 heteroatoms. The monoisotopic (exact) mass is 323 g/mol. The predicted octanol–water partition coefficient (Wildman–Crippen LogP) is 6.80. The van der Waals surface area contributed by atoms with Gasteiger partial charge in [0.25, 0.3) is 0 Å². The van der Waals surface area contributed by atoms with Gasteiger partial charge in [0.15, 0.2) is 0 Å². The van der Waals surface area contributed by atoms with Crippen molar-refractivity contribution < 1.29 is 0 Å². The Hall–Kier alpha value is -1.89. The molecular formula is C23H33N. The minimum absolute atomic E-state index is 0.0585. The number of hydrogen-bond acceptors (Lipinski definition) is 1. The van der Waals surface area contributed by atoms with E-state index in [0.717, 1.165) is 32.1 Å². The summed E-state index contributed by atoms with van der Waals surface area (Å²) in [6.45, 7) is 18.5. The van der Waals surface area contributed by atoms with E-state index in [1.54, 1.807) is 0 Å². The maximum atomic E-state index is 4.22. The van der Waals surface area contributed by atoms with Crippen LogP contribution in [0.15, 0.2) is 75.1 Å². The summed E-state index contributed by atoms with van der Waals surface area (Å²) in [6.07, 6.45) is 19.3. The first-order valence-corrected chi connectivity index (χ1v) is 9.00. The van der Waals surface area contributed by atoms with Crippen molar-refractivity contribution in [2.45, 2.75) is 57.3 Å². The van der Waals surface area contributed by atoms with Gasteiger partial charge in [0, 0.05) is 17.8 Å². The van der Waals surface area contributed by atoms with Gasteiger partial charge < -0.3 is 0 Å². The number of hydrogen-bond donors (Lipinski definition) is 0. The molecule has 0 N–H and O–H groups in total. The van der Waals surface area contributed by atoms with Gasteiger partial charge in [-0.2, -0.15) is 0 Å². The maximum absolute atomic E-state index is 4.22. The van der Waals surface area contributed by atoms with Crippen molar-refractivity contribution in [3.05, 3.63) is 80.7 Å². The molecule has 130 valence electrons. The lowest BCUT2D eigenvalue weighted by Crippen LogP contribution is -2.45. The Balaban J connectivity index is 3.63. The Morgan fingerprint density at radius 3 is 1.79 bits per heavy atom. The molecule has 0 unspecified atom stereocenters. The van der Waals surface area contributed by atoms with Crippen molar-refractivity contribution in [3.8, 4) is 0 Å². The fraction of sp³-hybridized carbons (Fsp3) is 0.435. The summed E-state index contributed by atoms with van der Waals surface area (Å²) in [5.41, 5.74) is 1.32. The van der Waals surface area contributed by atoms with E-state index < -0.39 is 0 Å². The summed E-state index contributed by atoms with van der Waals surface area (Å²) in [6, 6.07) is 4.31. The lowest BCUT2D eigenvalue weighted by Gasteiger charge is -2.51. The number of allylic oxidation sites excluding steroid dienone is 4. The Bertz CT molecular complexity index is 506. The van der Waals surface area contributed by atoms with Crippen LogP contribution in [-0.4, -0.2) is 4.98 Å². The van der Waals surface area contributed by atoms with Gasteiger partial charge in [0.1, 0.15) is 0 Å². The summed E-state index contributed by atoms with van der Waals surface area (Å²) >= 11 is 0. The third-order valence-electron chi connectivity index (χ3n) is 5.31. The molecular weight excluding hydrogens is 290 g/mol. The molecule has 1 aromatic rings. The highest BCUT2D eigenvalue weighted by atomic mass is 14.6. The Kier molecular flexibility index (Phi) is 8.46. The zero-order chi connectivity index (χ0) is 17.9. The molecule has 0 saturated carbocycles. The van der Waals surface area contributed by atoms with E-state index in [2.05, 4.69) is 74.7 Å². The molecule has 1 aromatic heterocycles. The molecule has 0 aromatic carbocycles. The first kappa shape index (κ1) is 20.2. The van der Waals surface area contributed by atoms with Crippen LogP contribution >= 0.6 is 0 Å². The van der Waals surface area contributed by atoms with Crippen molar-refractivity contribution in [2.24, 2.45) is 5.41 Å². The van der Waals surface area contributed by atoms with Gasteiger partial charge >= 0.3 is 0 Å². The molecule has 0 saturated heterocycles. The highest BCUT2D eigenvalue weighted by molar-refractivity contribution is 5.31. The number of rotatable bonds is 13. The minimum atomic E-state index is -0.0585. The molecule has 1 heterocycles. The van der Waals surface area contributed by atoms with Crippen molar-refractivity contribution in [2.75, 3.05) is 0 Å².